The molecule has 134 valence electrons. The number of aromatic nitrogens is 1. The average Bonchev–Trinajstić information content (AvgIpc) is 2.62. The number of hydrogen-bond acceptors (Lipinski definition) is 6. The van der Waals surface area contributed by atoms with E-state index >= 15 is 0 Å². The van der Waals surface area contributed by atoms with Crippen LogP contribution in [0.15, 0.2) is 36.5 Å². The summed E-state index contributed by atoms with van der Waals surface area (Å²) in [5.74, 6) is -0.528. The van der Waals surface area contributed by atoms with Crippen molar-refractivity contribution in [1.82, 2.24) is 9.88 Å². The molecule has 0 bridgehead atoms. The Labute approximate surface area is 150 Å². The van der Waals surface area contributed by atoms with Gasteiger partial charge in [0.05, 0.1) is 6.54 Å². The van der Waals surface area contributed by atoms with Crippen molar-refractivity contribution in [1.29, 1.82) is 0 Å². The summed E-state index contributed by atoms with van der Waals surface area (Å²) in [5.41, 5.74) is 1.10. The number of rotatable bonds is 6. The van der Waals surface area contributed by atoms with E-state index in [0.29, 0.717) is 12.1 Å². The molecule has 0 radical (unpaired) electrons. The summed E-state index contributed by atoms with van der Waals surface area (Å²) in [6.45, 7) is 1.66. The van der Waals surface area contributed by atoms with E-state index in [-0.39, 0.29) is 23.1 Å². The van der Waals surface area contributed by atoms with E-state index < -0.39 is 18.9 Å². The van der Waals surface area contributed by atoms with Crippen LogP contribution in [0.3, 0.4) is 0 Å². The minimum atomic E-state index is -1.81. The molecule has 0 atom stereocenters. The van der Waals surface area contributed by atoms with Crippen LogP contribution in [-0.4, -0.2) is 58.7 Å². The third-order valence-electron chi connectivity index (χ3n) is 3.65. The maximum Gasteiger partial charge on any atom is 0.489 e. The van der Waals surface area contributed by atoms with Gasteiger partial charge in [0.1, 0.15) is 12.1 Å². The molecule has 0 aliphatic carbocycles. The van der Waals surface area contributed by atoms with Crippen LogP contribution in [0.2, 0.25) is 0 Å². The van der Waals surface area contributed by atoms with Crippen molar-refractivity contribution < 1.29 is 24.4 Å². The van der Waals surface area contributed by atoms with Crippen LogP contribution in [0.4, 0.5) is 5.82 Å². The standard InChI is InChI=1S/C17H18BN3O5/c1-11-3-6-15(19-8-11)20-16(23)9-21(2)17(24)12-4-5-14(18(25)26)13(7-12)10-22/h3-8,10,25-26H,9H2,1-2H3,(H,19,20,23). The van der Waals surface area contributed by atoms with Crippen molar-refractivity contribution in [2.24, 2.45) is 0 Å². The molecule has 3 N–H and O–H groups in total. The van der Waals surface area contributed by atoms with E-state index in [9.17, 15) is 24.4 Å². The average molecular weight is 355 g/mol. The first-order chi connectivity index (χ1) is 12.3. The zero-order chi connectivity index (χ0) is 19.3. The monoisotopic (exact) mass is 355 g/mol. The number of anilines is 1. The highest BCUT2D eigenvalue weighted by Gasteiger charge is 2.20. The second-order valence-electron chi connectivity index (χ2n) is 5.77. The quantitative estimate of drug-likeness (QED) is 0.479. The van der Waals surface area contributed by atoms with Gasteiger partial charge in [-0.05, 0) is 36.1 Å². The lowest BCUT2D eigenvalue weighted by atomic mass is 9.77. The smallest absolute Gasteiger partial charge is 0.423 e. The second-order valence-corrected chi connectivity index (χ2v) is 5.77. The summed E-state index contributed by atoms with van der Waals surface area (Å²) in [6, 6.07) is 7.35. The fourth-order valence-corrected chi connectivity index (χ4v) is 2.28. The van der Waals surface area contributed by atoms with Gasteiger partial charge in [-0.2, -0.15) is 0 Å². The number of amides is 2. The normalized spacial score (nSPS) is 10.2. The summed E-state index contributed by atoms with van der Waals surface area (Å²) in [5, 5.41) is 21.0. The number of hydrogen-bond donors (Lipinski definition) is 3. The first kappa shape index (κ1) is 19.3. The largest absolute Gasteiger partial charge is 0.489 e. The van der Waals surface area contributed by atoms with Crippen molar-refractivity contribution in [3.05, 3.63) is 53.2 Å². The number of nitrogens with one attached hydrogen (secondary N) is 1. The van der Waals surface area contributed by atoms with E-state index in [4.69, 9.17) is 0 Å². The van der Waals surface area contributed by atoms with Gasteiger partial charge in [-0.3, -0.25) is 14.4 Å². The molecule has 2 amide bonds. The molecule has 1 aromatic carbocycles. The van der Waals surface area contributed by atoms with Gasteiger partial charge in [0.25, 0.3) is 5.91 Å². The maximum atomic E-state index is 12.4. The van der Waals surface area contributed by atoms with Crippen molar-refractivity contribution in [3.63, 3.8) is 0 Å². The molecule has 9 heteroatoms. The molecule has 0 aliphatic heterocycles. The van der Waals surface area contributed by atoms with E-state index in [2.05, 4.69) is 10.3 Å². The Morgan fingerprint density at radius 2 is 2.00 bits per heavy atom. The Bertz CT molecular complexity index is 824. The zero-order valence-corrected chi connectivity index (χ0v) is 14.3. The summed E-state index contributed by atoms with van der Waals surface area (Å²) in [7, 11) is -0.371. The van der Waals surface area contributed by atoms with Crippen molar-refractivity contribution >= 4 is 36.5 Å². The Morgan fingerprint density at radius 1 is 1.27 bits per heavy atom. The molecule has 0 spiro atoms. The molecule has 0 aliphatic rings. The third kappa shape index (κ3) is 4.75. The highest BCUT2D eigenvalue weighted by atomic mass is 16.4. The van der Waals surface area contributed by atoms with Crippen LogP contribution in [0.5, 0.6) is 0 Å². The molecule has 0 saturated heterocycles. The van der Waals surface area contributed by atoms with Crippen LogP contribution in [0.1, 0.15) is 26.3 Å². The fourth-order valence-electron chi connectivity index (χ4n) is 2.28. The molecule has 2 rings (SSSR count). The lowest BCUT2D eigenvalue weighted by Gasteiger charge is -2.17. The van der Waals surface area contributed by atoms with Gasteiger partial charge in [0.15, 0.2) is 0 Å². The van der Waals surface area contributed by atoms with Gasteiger partial charge in [0.2, 0.25) is 5.91 Å². The van der Waals surface area contributed by atoms with Gasteiger partial charge in [-0.25, -0.2) is 4.98 Å². The lowest BCUT2D eigenvalue weighted by Crippen LogP contribution is -2.36. The molecular weight excluding hydrogens is 337 g/mol. The van der Waals surface area contributed by atoms with Gasteiger partial charge < -0.3 is 20.3 Å². The zero-order valence-electron chi connectivity index (χ0n) is 14.3. The van der Waals surface area contributed by atoms with Crippen LogP contribution in [0, 0.1) is 6.92 Å². The molecule has 2 aromatic rings. The van der Waals surface area contributed by atoms with E-state index in [1.165, 1.54) is 30.1 Å². The predicted octanol–water partition coefficient (Wildman–Crippen LogP) is -0.407. The van der Waals surface area contributed by atoms with Crippen LogP contribution < -0.4 is 10.8 Å². The van der Waals surface area contributed by atoms with E-state index in [1.807, 2.05) is 6.92 Å². The van der Waals surface area contributed by atoms with Crippen LogP contribution in [0.25, 0.3) is 0 Å². The number of aldehydes is 1. The Morgan fingerprint density at radius 3 is 2.58 bits per heavy atom. The van der Waals surface area contributed by atoms with Crippen molar-refractivity contribution in [2.45, 2.75) is 6.92 Å². The Hall–Kier alpha value is -3.04. The third-order valence-corrected chi connectivity index (χ3v) is 3.65. The van der Waals surface area contributed by atoms with Gasteiger partial charge in [0, 0.05) is 24.4 Å². The summed E-state index contributed by atoms with van der Waals surface area (Å²) in [4.78, 5) is 40.8. The van der Waals surface area contributed by atoms with E-state index in [0.717, 1.165) is 5.56 Å². The molecule has 1 aromatic heterocycles. The summed E-state index contributed by atoms with van der Waals surface area (Å²) in [6.07, 6.45) is 2.05. The Balaban J connectivity index is 2.05. The van der Waals surface area contributed by atoms with Gasteiger partial charge in [-0.15, -0.1) is 0 Å². The highest BCUT2D eigenvalue weighted by molar-refractivity contribution is 6.60. The number of benzene rings is 1. The molecular formula is C17H18BN3O5. The van der Waals surface area contributed by atoms with Crippen LogP contribution in [-0.2, 0) is 4.79 Å². The minimum Gasteiger partial charge on any atom is -0.423 e. The highest BCUT2D eigenvalue weighted by Crippen LogP contribution is 2.07. The number of nitrogens with zero attached hydrogens (tertiary/aromatic N) is 2. The Kier molecular flexibility index (Phi) is 6.21. The minimum absolute atomic E-state index is 0.00221. The molecule has 0 unspecified atom stereocenters. The predicted molar refractivity (Wildman–Crippen MR) is 96.2 cm³/mol. The molecule has 8 nitrogen and oxygen atoms in total. The SMILES string of the molecule is Cc1ccc(NC(=O)CN(C)C(=O)c2ccc(B(O)O)c(C=O)c2)nc1. The summed E-state index contributed by atoms with van der Waals surface area (Å²) >= 11 is 0. The van der Waals surface area contributed by atoms with Crippen molar-refractivity contribution in [2.75, 3.05) is 18.9 Å². The van der Waals surface area contributed by atoms with E-state index in [1.54, 1.807) is 18.3 Å². The summed E-state index contributed by atoms with van der Waals surface area (Å²) < 4.78 is 0. The number of carbonyl (C=O) groups is 3. The number of aryl methyl sites for hydroxylation is 1. The molecule has 0 saturated carbocycles. The van der Waals surface area contributed by atoms with Gasteiger partial charge >= 0.3 is 7.12 Å². The van der Waals surface area contributed by atoms with Gasteiger partial charge in [-0.1, -0.05) is 12.1 Å². The lowest BCUT2D eigenvalue weighted by molar-refractivity contribution is -0.116. The molecule has 26 heavy (non-hydrogen) atoms. The first-order valence-electron chi connectivity index (χ1n) is 7.75. The fraction of sp³-hybridized carbons (Fsp3) is 0.176. The number of pyridine rings is 1. The first-order valence-corrected chi connectivity index (χ1v) is 7.75. The number of carbonyl (C=O) groups excluding carboxylic acids is 3. The molecule has 1 heterocycles. The van der Waals surface area contributed by atoms with Crippen LogP contribution >= 0.6 is 0 Å². The molecule has 0 fully saturated rings. The maximum absolute atomic E-state index is 12.4. The van der Waals surface area contributed by atoms with Crippen molar-refractivity contribution in [3.8, 4) is 0 Å². The second kappa shape index (κ2) is 8.37. The number of likely N-dealkylation sites (N-methyl/N-ethyl adjacent to an activating group) is 1. The topological polar surface area (TPSA) is 120 Å².